The Bertz CT molecular complexity index is 654. The summed E-state index contributed by atoms with van der Waals surface area (Å²) >= 11 is 0. The minimum Gasteiger partial charge on any atom is -0.281 e. The summed E-state index contributed by atoms with van der Waals surface area (Å²) in [6.45, 7) is 3.23. The first kappa shape index (κ1) is 15.7. The van der Waals surface area contributed by atoms with Crippen molar-refractivity contribution in [1.29, 1.82) is 0 Å². The highest BCUT2D eigenvalue weighted by Crippen LogP contribution is 2.36. The van der Waals surface area contributed by atoms with Gasteiger partial charge in [0.15, 0.2) is 9.84 Å². The molecule has 1 atom stereocenters. The average Bonchev–Trinajstić information content (AvgIpc) is 2.69. The van der Waals surface area contributed by atoms with Crippen LogP contribution >= 0.6 is 0 Å². The van der Waals surface area contributed by atoms with Crippen molar-refractivity contribution in [3.05, 3.63) is 35.9 Å². The second-order valence-electron chi connectivity index (χ2n) is 5.46. The van der Waals surface area contributed by atoms with E-state index < -0.39 is 15.3 Å². The molecular formula is C15H19NO4S. The number of imide groups is 1. The zero-order valence-electron chi connectivity index (χ0n) is 12.2. The molecule has 0 bridgehead atoms. The molecule has 21 heavy (non-hydrogen) atoms. The van der Waals surface area contributed by atoms with Crippen LogP contribution < -0.4 is 0 Å². The number of rotatable bonds is 5. The van der Waals surface area contributed by atoms with Gasteiger partial charge in [-0.25, -0.2) is 8.42 Å². The predicted octanol–water partition coefficient (Wildman–Crippen LogP) is 1.14. The maximum Gasteiger partial charge on any atom is 0.240 e. The number of hydrogen-bond acceptors (Lipinski definition) is 4. The largest absolute Gasteiger partial charge is 0.281 e. The van der Waals surface area contributed by atoms with Crippen molar-refractivity contribution >= 4 is 21.7 Å². The number of hydrogen-bond donors (Lipinski definition) is 0. The molecule has 0 unspecified atom stereocenters. The summed E-state index contributed by atoms with van der Waals surface area (Å²) in [6, 6.07) is 9.12. The van der Waals surface area contributed by atoms with Gasteiger partial charge in [-0.15, -0.1) is 0 Å². The van der Waals surface area contributed by atoms with Crippen LogP contribution in [0.4, 0.5) is 0 Å². The van der Waals surface area contributed by atoms with Gasteiger partial charge in [-0.1, -0.05) is 37.3 Å². The lowest BCUT2D eigenvalue weighted by molar-refractivity contribution is -0.139. The van der Waals surface area contributed by atoms with E-state index in [0.29, 0.717) is 0 Å². The smallest absolute Gasteiger partial charge is 0.240 e. The Morgan fingerprint density at radius 1 is 1.19 bits per heavy atom. The third-order valence-corrected chi connectivity index (χ3v) is 5.68. The molecule has 0 spiro atoms. The third kappa shape index (κ3) is 3.00. The molecule has 0 aliphatic carbocycles. The van der Waals surface area contributed by atoms with Crippen molar-refractivity contribution in [2.45, 2.75) is 25.7 Å². The fraction of sp³-hybridized carbons (Fsp3) is 0.467. The van der Waals surface area contributed by atoms with Gasteiger partial charge in [0.25, 0.3) is 0 Å². The summed E-state index contributed by atoms with van der Waals surface area (Å²) in [6.07, 6.45) is 0.0853. The number of likely N-dealkylation sites (tertiary alicyclic amines) is 1. The summed E-state index contributed by atoms with van der Waals surface area (Å²) in [7, 11) is -3.20. The zero-order valence-corrected chi connectivity index (χ0v) is 13.0. The molecular weight excluding hydrogens is 290 g/mol. The number of carbonyl (C=O) groups excluding carboxylic acids is 2. The van der Waals surface area contributed by atoms with Crippen LogP contribution in [0.2, 0.25) is 0 Å². The zero-order chi connectivity index (χ0) is 15.7. The molecule has 1 aromatic carbocycles. The van der Waals surface area contributed by atoms with Crippen molar-refractivity contribution in [2.75, 3.05) is 18.1 Å². The lowest BCUT2D eigenvalue weighted by Crippen LogP contribution is -2.39. The van der Waals surface area contributed by atoms with E-state index in [-0.39, 0.29) is 36.3 Å². The Kier molecular flexibility index (Phi) is 4.18. The van der Waals surface area contributed by atoms with Crippen molar-refractivity contribution in [1.82, 2.24) is 4.90 Å². The molecule has 0 saturated carbocycles. The van der Waals surface area contributed by atoms with Crippen LogP contribution in [0, 0.1) is 0 Å². The molecule has 2 amide bonds. The number of carbonyl (C=O) groups is 2. The van der Waals surface area contributed by atoms with Gasteiger partial charge in [-0.2, -0.15) is 0 Å². The topological polar surface area (TPSA) is 71.5 Å². The van der Waals surface area contributed by atoms with Crippen LogP contribution in [0.5, 0.6) is 0 Å². The summed E-state index contributed by atoms with van der Waals surface area (Å²) in [5, 5.41) is 0. The summed E-state index contributed by atoms with van der Waals surface area (Å²) in [5.74, 6) is -0.784. The standard InChI is InChI=1S/C15H19NO4S/c1-3-21(19,20)10-9-16-13(17)11-15(2,14(16)18)12-7-5-4-6-8-12/h4-8H,3,9-11H2,1-2H3/t15-/m1/s1. The van der Waals surface area contributed by atoms with E-state index in [1.54, 1.807) is 13.8 Å². The van der Waals surface area contributed by atoms with Crippen molar-refractivity contribution in [3.8, 4) is 0 Å². The molecule has 2 rings (SSSR count). The second kappa shape index (κ2) is 5.60. The SMILES string of the molecule is CCS(=O)(=O)CCN1C(=O)C[C@](C)(c2ccccc2)C1=O. The van der Waals surface area contributed by atoms with Crippen molar-refractivity contribution in [2.24, 2.45) is 0 Å². The molecule has 1 fully saturated rings. The first-order valence-electron chi connectivity index (χ1n) is 6.91. The Morgan fingerprint density at radius 2 is 1.81 bits per heavy atom. The molecule has 1 aliphatic rings. The van der Waals surface area contributed by atoms with Crippen molar-refractivity contribution in [3.63, 3.8) is 0 Å². The molecule has 0 N–H and O–H groups in total. The van der Waals surface area contributed by atoms with Crippen LogP contribution in [-0.2, 0) is 24.8 Å². The molecule has 1 saturated heterocycles. The maximum atomic E-state index is 12.6. The predicted molar refractivity (Wildman–Crippen MR) is 79.5 cm³/mol. The van der Waals surface area contributed by atoms with Gasteiger partial charge >= 0.3 is 0 Å². The highest BCUT2D eigenvalue weighted by molar-refractivity contribution is 7.91. The quantitative estimate of drug-likeness (QED) is 0.765. The Labute approximate surface area is 124 Å². The van der Waals surface area contributed by atoms with E-state index in [1.165, 1.54) is 0 Å². The van der Waals surface area contributed by atoms with Gasteiger partial charge in [0.05, 0.1) is 11.2 Å². The summed E-state index contributed by atoms with van der Waals surface area (Å²) < 4.78 is 23.1. The van der Waals surface area contributed by atoms with Crippen LogP contribution in [-0.4, -0.2) is 43.2 Å². The van der Waals surface area contributed by atoms with E-state index in [1.807, 2.05) is 30.3 Å². The maximum absolute atomic E-state index is 12.6. The van der Waals surface area contributed by atoms with Gasteiger partial charge < -0.3 is 0 Å². The Balaban J connectivity index is 2.21. The summed E-state index contributed by atoms with van der Waals surface area (Å²) in [5.41, 5.74) is -0.113. The van der Waals surface area contributed by atoms with E-state index in [0.717, 1.165) is 10.5 Å². The van der Waals surface area contributed by atoms with Gasteiger partial charge in [-0.05, 0) is 12.5 Å². The average molecular weight is 309 g/mol. The lowest BCUT2D eigenvalue weighted by atomic mass is 9.81. The first-order valence-corrected chi connectivity index (χ1v) is 8.73. The second-order valence-corrected chi connectivity index (χ2v) is 7.93. The summed E-state index contributed by atoms with van der Waals surface area (Å²) in [4.78, 5) is 25.7. The van der Waals surface area contributed by atoms with E-state index in [4.69, 9.17) is 0 Å². The highest BCUT2D eigenvalue weighted by atomic mass is 32.2. The van der Waals surface area contributed by atoms with E-state index in [9.17, 15) is 18.0 Å². The van der Waals surface area contributed by atoms with Gasteiger partial charge in [0, 0.05) is 18.7 Å². The monoisotopic (exact) mass is 309 g/mol. The Morgan fingerprint density at radius 3 is 2.38 bits per heavy atom. The molecule has 0 aromatic heterocycles. The van der Waals surface area contributed by atoms with Gasteiger partial charge in [0.2, 0.25) is 11.8 Å². The molecule has 1 heterocycles. The first-order chi connectivity index (χ1) is 9.80. The minimum absolute atomic E-state index is 0.0131. The molecule has 5 nitrogen and oxygen atoms in total. The molecule has 1 aliphatic heterocycles. The normalized spacial score (nSPS) is 22.9. The van der Waals surface area contributed by atoms with E-state index >= 15 is 0 Å². The van der Waals surface area contributed by atoms with Crippen LogP contribution in [0.3, 0.4) is 0 Å². The Hall–Kier alpha value is -1.69. The molecule has 6 heteroatoms. The number of nitrogens with zero attached hydrogens (tertiary/aromatic N) is 1. The molecule has 1 aromatic rings. The van der Waals surface area contributed by atoms with Crippen LogP contribution in [0.15, 0.2) is 30.3 Å². The highest BCUT2D eigenvalue weighted by Gasteiger charge is 2.49. The number of benzene rings is 1. The van der Waals surface area contributed by atoms with Crippen LogP contribution in [0.25, 0.3) is 0 Å². The lowest BCUT2D eigenvalue weighted by Gasteiger charge is -2.22. The minimum atomic E-state index is -3.20. The van der Waals surface area contributed by atoms with E-state index in [2.05, 4.69) is 0 Å². The van der Waals surface area contributed by atoms with Crippen molar-refractivity contribution < 1.29 is 18.0 Å². The number of sulfone groups is 1. The number of amides is 2. The third-order valence-electron chi connectivity index (χ3n) is 4.00. The molecule has 114 valence electrons. The fourth-order valence-corrected chi connectivity index (χ4v) is 3.27. The van der Waals surface area contributed by atoms with Gasteiger partial charge in [-0.3, -0.25) is 14.5 Å². The molecule has 0 radical (unpaired) electrons. The fourth-order valence-electron chi connectivity index (χ4n) is 2.52. The van der Waals surface area contributed by atoms with Crippen LogP contribution in [0.1, 0.15) is 25.8 Å². The van der Waals surface area contributed by atoms with Gasteiger partial charge in [0.1, 0.15) is 0 Å².